The Morgan fingerprint density at radius 3 is 2.75 bits per heavy atom. The maximum absolute atomic E-state index is 11.8. The van der Waals surface area contributed by atoms with Crippen LogP contribution in [0, 0.1) is 6.92 Å². The van der Waals surface area contributed by atoms with E-state index in [9.17, 15) is 9.59 Å². The molecule has 1 amide bonds. The van der Waals surface area contributed by atoms with E-state index in [1.165, 1.54) is 17.4 Å². The Labute approximate surface area is 120 Å². The van der Waals surface area contributed by atoms with Crippen LogP contribution in [0.5, 0.6) is 0 Å². The second-order valence-electron chi connectivity index (χ2n) is 4.26. The van der Waals surface area contributed by atoms with Crippen LogP contribution < -0.4 is 5.32 Å². The van der Waals surface area contributed by atoms with Gasteiger partial charge in [0.1, 0.15) is 0 Å². The van der Waals surface area contributed by atoms with Gasteiger partial charge in [0.05, 0.1) is 23.5 Å². The van der Waals surface area contributed by atoms with E-state index in [1.54, 1.807) is 24.4 Å². The van der Waals surface area contributed by atoms with Crippen molar-refractivity contribution < 1.29 is 14.7 Å². The van der Waals surface area contributed by atoms with Gasteiger partial charge in [0.15, 0.2) is 0 Å². The van der Waals surface area contributed by atoms with E-state index in [0.29, 0.717) is 12.1 Å². The number of nitrogens with zero attached hydrogens (tertiary/aromatic N) is 1. The van der Waals surface area contributed by atoms with Gasteiger partial charge in [-0.2, -0.15) is 0 Å². The van der Waals surface area contributed by atoms with Crippen molar-refractivity contribution in [2.75, 3.05) is 0 Å². The largest absolute Gasteiger partial charge is 0.478 e. The second kappa shape index (κ2) is 6.29. The Morgan fingerprint density at radius 1 is 1.35 bits per heavy atom. The summed E-state index contributed by atoms with van der Waals surface area (Å²) in [5.41, 5.74) is 0.675. The maximum Gasteiger partial charge on any atom is 0.335 e. The molecule has 1 aromatic heterocycles. The number of carbonyl (C=O) groups excluding carboxylic acids is 1. The van der Waals surface area contributed by atoms with Crippen molar-refractivity contribution in [1.82, 2.24) is 10.3 Å². The number of aromatic nitrogens is 1. The Balaban J connectivity index is 1.96. The number of aryl methyl sites for hydroxylation is 1. The summed E-state index contributed by atoms with van der Waals surface area (Å²) >= 11 is 1.52. The van der Waals surface area contributed by atoms with Gasteiger partial charge in [-0.15, -0.1) is 11.3 Å². The van der Waals surface area contributed by atoms with Gasteiger partial charge in [0, 0.05) is 11.1 Å². The van der Waals surface area contributed by atoms with Crippen molar-refractivity contribution in [2.24, 2.45) is 0 Å². The van der Waals surface area contributed by atoms with Gasteiger partial charge in [-0.3, -0.25) is 4.79 Å². The van der Waals surface area contributed by atoms with Crippen LogP contribution in [0.4, 0.5) is 0 Å². The molecule has 2 rings (SSSR count). The molecule has 6 heteroatoms. The summed E-state index contributed by atoms with van der Waals surface area (Å²) < 4.78 is 0. The molecule has 0 bridgehead atoms. The highest BCUT2D eigenvalue weighted by atomic mass is 32.1. The fourth-order valence-corrected chi connectivity index (χ4v) is 2.53. The SMILES string of the molecule is Cc1ncc(CNC(=O)Cc2ccccc2C(=O)O)s1. The first-order valence-corrected chi connectivity index (χ1v) is 6.87. The zero-order chi connectivity index (χ0) is 14.5. The molecular formula is C14H14N2O3S. The van der Waals surface area contributed by atoms with Crippen LogP contribution in [0.1, 0.15) is 25.8 Å². The summed E-state index contributed by atoms with van der Waals surface area (Å²) in [6.07, 6.45) is 1.78. The van der Waals surface area contributed by atoms with Gasteiger partial charge >= 0.3 is 5.97 Å². The number of carbonyl (C=O) groups is 2. The fraction of sp³-hybridized carbons (Fsp3) is 0.214. The smallest absolute Gasteiger partial charge is 0.335 e. The van der Waals surface area contributed by atoms with Crippen molar-refractivity contribution in [2.45, 2.75) is 19.9 Å². The molecule has 0 aliphatic heterocycles. The highest BCUT2D eigenvalue weighted by Gasteiger charge is 2.12. The number of rotatable bonds is 5. The molecular weight excluding hydrogens is 276 g/mol. The number of benzene rings is 1. The first-order valence-electron chi connectivity index (χ1n) is 6.05. The summed E-state index contributed by atoms with van der Waals surface area (Å²) in [5, 5.41) is 12.8. The predicted molar refractivity (Wildman–Crippen MR) is 75.8 cm³/mol. The van der Waals surface area contributed by atoms with Crippen LogP contribution in [0.25, 0.3) is 0 Å². The van der Waals surface area contributed by atoms with Crippen molar-refractivity contribution in [1.29, 1.82) is 0 Å². The zero-order valence-electron chi connectivity index (χ0n) is 10.9. The van der Waals surface area contributed by atoms with Crippen molar-refractivity contribution >= 4 is 23.2 Å². The second-order valence-corrected chi connectivity index (χ2v) is 5.58. The average Bonchev–Trinajstić information content (AvgIpc) is 2.83. The van der Waals surface area contributed by atoms with Crippen LogP contribution in [0.15, 0.2) is 30.5 Å². The molecule has 5 nitrogen and oxygen atoms in total. The predicted octanol–water partition coefficient (Wildman–Crippen LogP) is 2.01. The third kappa shape index (κ3) is 3.64. The molecule has 2 N–H and O–H groups in total. The monoisotopic (exact) mass is 290 g/mol. The first kappa shape index (κ1) is 14.2. The number of carboxylic acids is 1. The third-order valence-electron chi connectivity index (χ3n) is 2.73. The lowest BCUT2D eigenvalue weighted by Crippen LogP contribution is -2.25. The van der Waals surface area contributed by atoms with E-state index in [2.05, 4.69) is 10.3 Å². The highest BCUT2D eigenvalue weighted by molar-refractivity contribution is 7.11. The molecule has 0 saturated heterocycles. The maximum atomic E-state index is 11.8. The molecule has 2 aromatic rings. The lowest BCUT2D eigenvalue weighted by molar-refractivity contribution is -0.120. The molecule has 0 spiro atoms. The average molecular weight is 290 g/mol. The molecule has 20 heavy (non-hydrogen) atoms. The van der Waals surface area contributed by atoms with Crippen molar-refractivity contribution in [3.05, 3.63) is 51.5 Å². The van der Waals surface area contributed by atoms with E-state index in [1.807, 2.05) is 6.92 Å². The quantitative estimate of drug-likeness (QED) is 0.883. The minimum absolute atomic E-state index is 0.0558. The molecule has 0 aliphatic rings. The van der Waals surface area contributed by atoms with E-state index in [0.717, 1.165) is 9.88 Å². The summed E-state index contributed by atoms with van der Waals surface area (Å²) in [5.74, 6) is -1.23. The van der Waals surface area contributed by atoms with Crippen LogP contribution in [-0.4, -0.2) is 22.0 Å². The van der Waals surface area contributed by atoms with E-state index < -0.39 is 5.97 Å². The summed E-state index contributed by atoms with van der Waals surface area (Å²) in [7, 11) is 0. The Morgan fingerprint density at radius 2 is 2.10 bits per heavy atom. The molecule has 1 heterocycles. The molecule has 104 valence electrons. The highest BCUT2D eigenvalue weighted by Crippen LogP contribution is 2.12. The van der Waals surface area contributed by atoms with Gasteiger partial charge < -0.3 is 10.4 Å². The lowest BCUT2D eigenvalue weighted by Gasteiger charge is -2.06. The zero-order valence-corrected chi connectivity index (χ0v) is 11.7. The van der Waals surface area contributed by atoms with Crippen LogP contribution >= 0.6 is 11.3 Å². The molecule has 0 unspecified atom stereocenters. The Bertz CT molecular complexity index is 637. The summed E-state index contributed by atoms with van der Waals surface area (Å²) in [6, 6.07) is 6.52. The summed E-state index contributed by atoms with van der Waals surface area (Å²) in [4.78, 5) is 28.0. The first-order chi connectivity index (χ1) is 9.56. The molecule has 0 fully saturated rings. The van der Waals surface area contributed by atoms with Crippen molar-refractivity contribution in [3.8, 4) is 0 Å². The topological polar surface area (TPSA) is 79.3 Å². The van der Waals surface area contributed by atoms with Gasteiger partial charge in [-0.05, 0) is 18.6 Å². The standard InChI is InChI=1S/C14H14N2O3S/c1-9-15-7-11(20-9)8-16-13(17)6-10-4-2-3-5-12(10)14(18)19/h2-5,7H,6,8H2,1H3,(H,16,17)(H,18,19). The fourth-order valence-electron chi connectivity index (χ4n) is 1.79. The lowest BCUT2D eigenvalue weighted by atomic mass is 10.0. The minimum Gasteiger partial charge on any atom is -0.478 e. The molecule has 0 atom stereocenters. The molecule has 0 aliphatic carbocycles. The third-order valence-corrected chi connectivity index (χ3v) is 3.64. The van der Waals surface area contributed by atoms with Crippen LogP contribution in [-0.2, 0) is 17.8 Å². The number of hydrogen-bond acceptors (Lipinski definition) is 4. The van der Waals surface area contributed by atoms with E-state index in [-0.39, 0.29) is 17.9 Å². The van der Waals surface area contributed by atoms with Crippen LogP contribution in [0.3, 0.4) is 0 Å². The van der Waals surface area contributed by atoms with Gasteiger partial charge in [-0.1, -0.05) is 18.2 Å². The number of hydrogen-bond donors (Lipinski definition) is 2. The van der Waals surface area contributed by atoms with Gasteiger partial charge in [0.2, 0.25) is 5.91 Å². The molecule has 1 aromatic carbocycles. The van der Waals surface area contributed by atoms with E-state index in [4.69, 9.17) is 5.11 Å². The minimum atomic E-state index is -1.02. The van der Waals surface area contributed by atoms with Crippen LogP contribution in [0.2, 0.25) is 0 Å². The number of carboxylic acid groups (broad SMARTS) is 1. The normalized spacial score (nSPS) is 10.2. The Kier molecular flexibility index (Phi) is 4.47. The summed E-state index contributed by atoms with van der Waals surface area (Å²) in [6.45, 7) is 2.32. The molecule has 0 radical (unpaired) electrons. The number of thiazole rings is 1. The number of nitrogens with one attached hydrogen (secondary N) is 1. The van der Waals surface area contributed by atoms with E-state index >= 15 is 0 Å². The number of aromatic carboxylic acids is 1. The van der Waals surface area contributed by atoms with Crippen molar-refractivity contribution in [3.63, 3.8) is 0 Å². The number of amides is 1. The molecule has 0 saturated carbocycles. The van der Waals surface area contributed by atoms with Gasteiger partial charge in [-0.25, -0.2) is 9.78 Å². The van der Waals surface area contributed by atoms with Gasteiger partial charge in [0.25, 0.3) is 0 Å². The Hall–Kier alpha value is -2.21.